The van der Waals surface area contributed by atoms with E-state index in [1.54, 1.807) is 0 Å². The van der Waals surface area contributed by atoms with E-state index in [2.05, 4.69) is 27.7 Å². The summed E-state index contributed by atoms with van der Waals surface area (Å²) in [6.45, 7) is 9.76. The van der Waals surface area contributed by atoms with Crippen LogP contribution in [0, 0.1) is 5.41 Å². The molecule has 2 heteroatoms. The largest absolute Gasteiger partial charge is 0.355 e. The Morgan fingerprint density at radius 2 is 1.70 bits per heavy atom. The Balaban J connectivity index is 2.70. The average Bonchev–Trinajstić information content (AvgIpc) is 1.77. The number of hydrogen-bond acceptors (Lipinski definition) is 2. The van der Waals surface area contributed by atoms with Crippen LogP contribution in [0.4, 0.5) is 0 Å². The van der Waals surface area contributed by atoms with Crippen LogP contribution in [-0.2, 0) is 9.47 Å². The van der Waals surface area contributed by atoms with Gasteiger partial charge in [-0.25, -0.2) is 0 Å². The third-order valence-corrected chi connectivity index (χ3v) is 2.60. The molecule has 2 nitrogen and oxygen atoms in total. The van der Waals surface area contributed by atoms with Crippen LogP contribution >= 0.6 is 0 Å². The monoisotopic (exact) mass is 144 g/mol. The van der Waals surface area contributed by atoms with Crippen molar-refractivity contribution in [1.82, 2.24) is 0 Å². The quantitative estimate of drug-likeness (QED) is 0.516. The summed E-state index contributed by atoms with van der Waals surface area (Å²) in [6, 6.07) is 0. The molecule has 60 valence electrons. The highest BCUT2D eigenvalue weighted by Gasteiger charge is 2.40. The van der Waals surface area contributed by atoms with E-state index in [1.807, 2.05) is 0 Å². The molecule has 0 bridgehead atoms. The van der Waals surface area contributed by atoms with Crippen LogP contribution < -0.4 is 0 Å². The summed E-state index contributed by atoms with van der Waals surface area (Å²) in [5.41, 5.74) is 0.0799. The van der Waals surface area contributed by atoms with Gasteiger partial charge in [0.15, 0.2) is 0 Å². The summed E-state index contributed by atoms with van der Waals surface area (Å²) >= 11 is 0. The molecule has 0 N–H and O–H groups in total. The first kappa shape index (κ1) is 8.02. The first-order chi connectivity index (χ1) is 4.46. The molecule has 1 rings (SSSR count). The van der Waals surface area contributed by atoms with Crippen LogP contribution in [0.1, 0.15) is 27.7 Å². The van der Waals surface area contributed by atoms with Gasteiger partial charge in [-0.05, 0) is 13.8 Å². The van der Waals surface area contributed by atoms with Gasteiger partial charge in [0, 0.05) is 5.41 Å². The van der Waals surface area contributed by atoms with Crippen molar-refractivity contribution >= 4 is 0 Å². The van der Waals surface area contributed by atoms with E-state index in [1.165, 1.54) is 0 Å². The zero-order chi connectivity index (χ0) is 7.83. The van der Waals surface area contributed by atoms with E-state index in [4.69, 9.17) is 9.47 Å². The Kier molecular flexibility index (Phi) is 1.77. The lowest BCUT2D eigenvalue weighted by molar-refractivity contribution is -0.241. The van der Waals surface area contributed by atoms with Crippen molar-refractivity contribution < 1.29 is 9.47 Å². The molecule has 0 aromatic heterocycles. The third-order valence-electron chi connectivity index (χ3n) is 2.60. The maximum Gasteiger partial charge on any atom is 0.147 e. The van der Waals surface area contributed by atoms with Crippen LogP contribution in [0.15, 0.2) is 0 Å². The van der Waals surface area contributed by atoms with Crippen molar-refractivity contribution in [2.75, 3.05) is 13.4 Å². The normalized spacial score (nSPS) is 30.0. The second kappa shape index (κ2) is 2.21. The van der Waals surface area contributed by atoms with Gasteiger partial charge in [0.25, 0.3) is 0 Å². The Bertz CT molecular complexity index is 111. The fourth-order valence-electron chi connectivity index (χ4n) is 0.855. The van der Waals surface area contributed by atoms with E-state index < -0.39 is 0 Å². The number of rotatable bonds is 0. The molecular weight excluding hydrogens is 128 g/mol. The van der Waals surface area contributed by atoms with E-state index in [0.717, 1.165) is 6.61 Å². The van der Waals surface area contributed by atoms with Crippen LogP contribution in [0.25, 0.3) is 0 Å². The summed E-state index contributed by atoms with van der Waals surface area (Å²) < 4.78 is 10.7. The van der Waals surface area contributed by atoms with Gasteiger partial charge in [0.1, 0.15) is 6.79 Å². The summed E-state index contributed by atoms with van der Waals surface area (Å²) in [4.78, 5) is 0. The molecular formula is C8H16O2. The van der Waals surface area contributed by atoms with Crippen LogP contribution in [0.2, 0.25) is 0 Å². The Labute approximate surface area is 62.5 Å². The highest BCUT2D eigenvalue weighted by atomic mass is 16.7. The third kappa shape index (κ3) is 1.18. The van der Waals surface area contributed by atoms with Gasteiger partial charge >= 0.3 is 0 Å². The van der Waals surface area contributed by atoms with Gasteiger partial charge in [0.2, 0.25) is 0 Å². The van der Waals surface area contributed by atoms with Crippen molar-refractivity contribution in [3.05, 3.63) is 0 Å². The maximum absolute atomic E-state index is 5.46. The van der Waals surface area contributed by atoms with Gasteiger partial charge in [0.05, 0.1) is 12.2 Å². The molecule has 0 atom stereocenters. The van der Waals surface area contributed by atoms with Crippen LogP contribution in [-0.4, -0.2) is 19.0 Å². The fraction of sp³-hybridized carbons (Fsp3) is 1.00. The maximum atomic E-state index is 5.46. The van der Waals surface area contributed by atoms with Gasteiger partial charge in [-0.3, -0.25) is 0 Å². The lowest BCUT2D eigenvalue weighted by atomic mass is 9.77. The van der Waals surface area contributed by atoms with Crippen molar-refractivity contribution in [3.63, 3.8) is 0 Å². The number of ether oxygens (including phenoxy) is 2. The molecule has 0 saturated carbocycles. The number of hydrogen-bond donors (Lipinski definition) is 0. The Morgan fingerprint density at radius 3 is 2.00 bits per heavy atom. The predicted octanol–water partition coefficient (Wildman–Crippen LogP) is 1.80. The summed E-state index contributed by atoms with van der Waals surface area (Å²) in [5, 5.41) is 0. The predicted molar refractivity (Wildman–Crippen MR) is 39.8 cm³/mol. The zero-order valence-electron chi connectivity index (χ0n) is 7.23. The van der Waals surface area contributed by atoms with Gasteiger partial charge in [-0.2, -0.15) is 0 Å². The highest BCUT2D eigenvalue weighted by Crippen LogP contribution is 2.36. The first-order valence-corrected chi connectivity index (χ1v) is 3.67. The molecule has 1 fully saturated rings. The molecule has 0 aromatic rings. The Hall–Kier alpha value is -0.0800. The van der Waals surface area contributed by atoms with E-state index in [-0.39, 0.29) is 11.0 Å². The van der Waals surface area contributed by atoms with Crippen LogP contribution in [0.3, 0.4) is 0 Å². The summed E-state index contributed by atoms with van der Waals surface area (Å²) in [5.74, 6) is 0. The average molecular weight is 144 g/mol. The second-order valence-corrected chi connectivity index (χ2v) is 4.00. The van der Waals surface area contributed by atoms with Crippen molar-refractivity contribution in [2.24, 2.45) is 5.41 Å². The minimum atomic E-state index is -0.0503. The van der Waals surface area contributed by atoms with Gasteiger partial charge < -0.3 is 9.47 Å². The molecule has 10 heavy (non-hydrogen) atoms. The molecule has 1 aliphatic heterocycles. The molecule has 0 aromatic carbocycles. The van der Waals surface area contributed by atoms with E-state index in [9.17, 15) is 0 Å². The van der Waals surface area contributed by atoms with Crippen molar-refractivity contribution in [2.45, 2.75) is 33.3 Å². The van der Waals surface area contributed by atoms with Gasteiger partial charge in [-0.1, -0.05) is 13.8 Å². The molecule has 1 heterocycles. The van der Waals surface area contributed by atoms with Crippen molar-refractivity contribution in [1.29, 1.82) is 0 Å². The van der Waals surface area contributed by atoms with Gasteiger partial charge in [-0.15, -0.1) is 0 Å². The Morgan fingerprint density at radius 1 is 1.10 bits per heavy atom. The van der Waals surface area contributed by atoms with E-state index >= 15 is 0 Å². The molecule has 0 amide bonds. The highest BCUT2D eigenvalue weighted by molar-refractivity contribution is 4.88. The van der Waals surface area contributed by atoms with Crippen LogP contribution in [0.5, 0.6) is 0 Å². The summed E-state index contributed by atoms with van der Waals surface area (Å²) in [7, 11) is 0. The molecule has 0 spiro atoms. The van der Waals surface area contributed by atoms with E-state index in [0.29, 0.717) is 6.79 Å². The molecule has 0 unspecified atom stereocenters. The standard InChI is InChI=1S/C8H16O2/c1-7(2)5-9-6-10-8(7,3)4/h5-6H2,1-4H3. The topological polar surface area (TPSA) is 18.5 Å². The first-order valence-electron chi connectivity index (χ1n) is 3.67. The second-order valence-electron chi connectivity index (χ2n) is 4.00. The molecule has 1 saturated heterocycles. The smallest absolute Gasteiger partial charge is 0.147 e. The molecule has 0 aliphatic carbocycles. The SMILES string of the molecule is CC1(C)COCOC1(C)C. The zero-order valence-corrected chi connectivity index (χ0v) is 7.23. The minimum Gasteiger partial charge on any atom is -0.355 e. The lowest BCUT2D eigenvalue weighted by Crippen LogP contribution is -2.49. The lowest BCUT2D eigenvalue weighted by Gasteiger charge is -2.44. The molecule has 1 aliphatic rings. The molecule has 0 radical (unpaired) electrons. The minimum absolute atomic E-state index is 0.0503. The fourth-order valence-corrected chi connectivity index (χ4v) is 0.855. The van der Waals surface area contributed by atoms with Crippen molar-refractivity contribution in [3.8, 4) is 0 Å². The summed E-state index contributed by atoms with van der Waals surface area (Å²) in [6.07, 6.45) is 0.